The maximum Gasteiger partial charge on any atom is 0.317 e. The van der Waals surface area contributed by atoms with E-state index in [4.69, 9.17) is 4.74 Å². The number of hydrogen-bond donors (Lipinski definition) is 1. The van der Waals surface area contributed by atoms with E-state index in [-0.39, 0.29) is 17.7 Å². The van der Waals surface area contributed by atoms with Gasteiger partial charge in [-0.05, 0) is 50.9 Å². The van der Waals surface area contributed by atoms with Crippen LogP contribution in [0.3, 0.4) is 0 Å². The minimum atomic E-state index is -0.00846. The fraction of sp³-hybridized carbons (Fsp3) is 0.842. The second-order valence-corrected chi connectivity index (χ2v) is 8.02. The number of likely N-dealkylation sites (tertiary alicyclic amines) is 1. The summed E-state index contributed by atoms with van der Waals surface area (Å²) in [6, 6.07) is 0.267. The van der Waals surface area contributed by atoms with E-state index in [9.17, 15) is 4.79 Å². The molecule has 1 spiro atoms. The van der Waals surface area contributed by atoms with Crippen LogP contribution in [0, 0.1) is 5.92 Å². The molecule has 2 fully saturated rings. The molecule has 0 bridgehead atoms. The molecule has 0 radical (unpaired) electrons. The highest BCUT2D eigenvalue weighted by molar-refractivity contribution is 5.73. The molecule has 2 amide bonds. The Hall–Kier alpha value is -1.07. The van der Waals surface area contributed by atoms with Crippen LogP contribution >= 0.6 is 0 Å². The Morgan fingerprint density at radius 1 is 1.29 bits per heavy atom. The standard InChI is InChI=1S/C19H33N3O2/c1-21(2)18(23)20-17-8-13-24-19(14-17)9-11-22(12-10-19)15-16-6-4-3-5-7-16/h3-4,16-17H,5-15H2,1-2H3,(H,20,23). The summed E-state index contributed by atoms with van der Waals surface area (Å²) in [5.41, 5.74) is -0.00846. The highest BCUT2D eigenvalue weighted by atomic mass is 16.5. The monoisotopic (exact) mass is 335 g/mol. The van der Waals surface area contributed by atoms with Gasteiger partial charge in [-0.1, -0.05) is 12.2 Å². The van der Waals surface area contributed by atoms with Crippen molar-refractivity contribution in [3.05, 3.63) is 12.2 Å². The summed E-state index contributed by atoms with van der Waals surface area (Å²) in [5, 5.41) is 3.15. The van der Waals surface area contributed by atoms with Gasteiger partial charge in [-0.15, -0.1) is 0 Å². The number of allylic oxidation sites excluding steroid dienone is 2. The van der Waals surface area contributed by atoms with E-state index >= 15 is 0 Å². The largest absolute Gasteiger partial charge is 0.375 e. The highest BCUT2D eigenvalue weighted by Crippen LogP contribution is 2.35. The minimum absolute atomic E-state index is 0.00846. The lowest BCUT2D eigenvalue weighted by atomic mass is 9.82. The molecular formula is C19H33N3O2. The summed E-state index contributed by atoms with van der Waals surface area (Å²) in [5.74, 6) is 0.837. The lowest BCUT2D eigenvalue weighted by Crippen LogP contribution is -2.55. The van der Waals surface area contributed by atoms with Gasteiger partial charge in [0.2, 0.25) is 0 Å². The fourth-order valence-corrected chi connectivity index (χ4v) is 4.33. The molecule has 0 aromatic heterocycles. The molecule has 3 aliphatic rings. The van der Waals surface area contributed by atoms with Crippen molar-refractivity contribution >= 4 is 6.03 Å². The Morgan fingerprint density at radius 3 is 2.75 bits per heavy atom. The van der Waals surface area contributed by atoms with Crippen LogP contribution in [0.1, 0.15) is 44.9 Å². The van der Waals surface area contributed by atoms with Gasteiger partial charge in [0.1, 0.15) is 0 Å². The zero-order chi connectivity index (χ0) is 17.0. The van der Waals surface area contributed by atoms with E-state index < -0.39 is 0 Å². The number of rotatable bonds is 3. The van der Waals surface area contributed by atoms with Crippen molar-refractivity contribution in [2.24, 2.45) is 5.92 Å². The average Bonchev–Trinajstić information content (AvgIpc) is 2.58. The minimum Gasteiger partial charge on any atom is -0.375 e. The Bertz CT molecular complexity index is 456. The average molecular weight is 335 g/mol. The van der Waals surface area contributed by atoms with E-state index in [0.717, 1.165) is 51.3 Å². The summed E-state index contributed by atoms with van der Waals surface area (Å²) < 4.78 is 6.21. The van der Waals surface area contributed by atoms with Crippen molar-refractivity contribution in [3.63, 3.8) is 0 Å². The van der Waals surface area contributed by atoms with E-state index in [0.29, 0.717) is 0 Å². The second-order valence-electron chi connectivity index (χ2n) is 8.02. The smallest absolute Gasteiger partial charge is 0.317 e. The summed E-state index contributed by atoms with van der Waals surface area (Å²) in [4.78, 5) is 16.2. The van der Waals surface area contributed by atoms with Crippen molar-refractivity contribution in [1.29, 1.82) is 0 Å². The molecule has 2 unspecified atom stereocenters. The van der Waals surface area contributed by atoms with Crippen LogP contribution in [0.2, 0.25) is 0 Å². The molecule has 0 aromatic carbocycles. The molecule has 5 heteroatoms. The molecule has 5 nitrogen and oxygen atoms in total. The number of nitrogens with zero attached hydrogens (tertiary/aromatic N) is 2. The van der Waals surface area contributed by atoms with Gasteiger partial charge < -0.3 is 19.9 Å². The third-order valence-corrected chi connectivity index (χ3v) is 5.89. The molecule has 1 aliphatic carbocycles. The van der Waals surface area contributed by atoms with Crippen LogP contribution in [0.15, 0.2) is 12.2 Å². The first-order valence-electron chi connectivity index (χ1n) is 9.55. The van der Waals surface area contributed by atoms with Crippen molar-refractivity contribution in [1.82, 2.24) is 15.1 Å². The number of piperidine rings is 1. The Kier molecular flexibility index (Phi) is 5.82. The molecule has 3 rings (SSSR count). The predicted octanol–water partition coefficient (Wildman–Crippen LogP) is 2.63. The maximum atomic E-state index is 11.9. The number of nitrogens with one attached hydrogen (secondary N) is 1. The lowest BCUT2D eigenvalue weighted by Gasteiger charge is -2.47. The Labute approximate surface area is 146 Å². The van der Waals surface area contributed by atoms with Crippen molar-refractivity contribution in [2.45, 2.75) is 56.6 Å². The number of amides is 2. The number of urea groups is 1. The van der Waals surface area contributed by atoms with Gasteiger partial charge in [0.25, 0.3) is 0 Å². The van der Waals surface area contributed by atoms with E-state index in [1.54, 1.807) is 19.0 Å². The van der Waals surface area contributed by atoms with Crippen molar-refractivity contribution in [2.75, 3.05) is 40.3 Å². The first-order valence-corrected chi connectivity index (χ1v) is 9.55. The fourth-order valence-electron chi connectivity index (χ4n) is 4.33. The van der Waals surface area contributed by atoms with Crippen LogP contribution in [-0.2, 0) is 4.74 Å². The summed E-state index contributed by atoms with van der Waals surface area (Å²) in [6.45, 7) is 4.27. The zero-order valence-electron chi connectivity index (χ0n) is 15.3. The number of carbonyl (C=O) groups is 1. The number of hydrogen-bond acceptors (Lipinski definition) is 3. The summed E-state index contributed by atoms with van der Waals surface area (Å²) >= 11 is 0. The topological polar surface area (TPSA) is 44.8 Å². The molecular weight excluding hydrogens is 302 g/mol. The molecule has 2 saturated heterocycles. The third-order valence-electron chi connectivity index (χ3n) is 5.89. The summed E-state index contributed by atoms with van der Waals surface area (Å²) in [6.07, 6.45) is 12.6. The quantitative estimate of drug-likeness (QED) is 0.807. The number of ether oxygens (including phenoxy) is 1. The van der Waals surface area contributed by atoms with E-state index in [1.807, 2.05) is 0 Å². The SMILES string of the molecule is CN(C)C(=O)NC1CCOC2(CCN(CC3CC=CCC3)CC2)C1. The lowest BCUT2D eigenvalue weighted by molar-refractivity contribution is -0.119. The molecule has 0 aromatic rings. The maximum absolute atomic E-state index is 11.9. The molecule has 2 atom stereocenters. The normalized spacial score (nSPS) is 30.2. The van der Waals surface area contributed by atoms with Crippen molar-refractivity contribution in [3.8, 4) is 0 Å². The van der Waals surface area contributed by atoms with Gasteiger partial charge in [0.05, 0.1) is 5.60 Å². The molecule has 1 N–H and O–H groups in total. The third kappa shape index (κ3) is 4.51. The van der Waals surface area contributed by atoms with Crippen LogP contribution in [0.5, 0.6) is 0 Å². The highest BCUT2D eigenvalue weighted by Gasteiger charge is 2.40. The van der Waals surface area contributed by atoms with Crippen LogP contribution in [-0.4, -0.2) is 67.8 Å². The van der Waals surface area contributed by atoms with E-state index in [2.05, 4.69) is 22.4 Å². The molecule has 2 heterocycles. The Balaban J connectivity index is 1.47. The molecule has 24 heavy (non-hydrogen) atoms. The van der Waals surface area contributed by atoms with Crippen LogP contribution in [0.4, 0.5) is 4.79 Å². The summed E-state index contributed by atoms with van der Waals surface area (Å²) in [7, 11) is 3.59. The first-order chi connectivity index (χ1) is 11.6. The van der Waals surface area contributed by atoms with Crippen LogP contribution in [0.25, 0.3) is 0 Å². The van der Waals surface area contributed by atoms with E-state index in [1.165, 1.54) is 25.8 Å². The van der Waals surface area contributed by atoms with Gasteiger partial charge in [-0.2, -0.15) is 0 Å². The zero-order valence-corrected chi connectivity index (χ0v) is 15.3. The molecule has 136 valence electrons. The first kappa shape index (κ1) is 17.7. The van der Waals surface area contributed by atoms with Gasteiger partial charge >= 0.3 is 6.03 Å². The van der Waals surface area contributed by atoms with Gasteiger partial charge in [0.15, 0.2) is 0 Å². The molecule has 0 saturated carbocycles. The number of carbonyl (C=O) groups excluding carboxylic acids is 1. The van der Waals surface area contributed by atoms with Gasteiger partial charge in [-0.3, -0.25) is 0 Å². The second kappa shape index (κ2) is 7.87. The van der Waals surface area contributed by atoms with Crippen molar-refractivity contribution < 1.29 is 9.53 Å². The van der Waals surface area contributed by atoms with Gasteiger partial charge in [0, 0.05) is 46.4 Å². The van der Waals surface area contributed by atoms with Gasteiger partial charge in [-0.25, -0.2) is 4.79 Å². The van der Waals surface area contributed by atoms with Crippen LogP contribution < -0.4 is 5.32 Å². The molecule has 2 aliphatic heterocycles. The predicted molar refractivity (Wildman–Crippen MR) is 96.1 cm³/mol. The Morgan fingerprint density at radius 2 is 2.08 bits per heavy atom.